The Morgan fingerprint density at radius 1 is 1.48 bits per heavy atom. The summed E-state index contributed by atoms with van der Waals surface area (Å²) in [6.45, 7) is 3.37. The Kier molecular flexibility index (Phi) is 6.03. The first-order valence-electron chi connectivity index (χ1n) is 7.51. The molecule has 0 saturated carbocycles. The van der Waals surface area contributed by atoms with Crippen molar-refractivity contribution in [3.8, 4) is 0 Å². The van der Waals surface area contributed by atoms with E-state index in [1.54, 1.807) is 0 Å². The molecule has 1 amide bonds. The van der Waals surface area contributed by atoms with Crippen LogP contribution in [0, 0.1) is 6.92 Å². The fourth-order valence-corrected chi connectivity index (χ4v) is 3.04. The first-order chi connectivity index (χ1) is 10.1. The average molecular weight is 311 g/mol. The van der Waals surface area contributed by atoms with E-state index < -0.39 is 0 Å². The zero-order valence-corrected chi connectivity index (χ0v) is 13.2. The number of anilines is 1. The van der Waals surface area contributed by atoms with Gasteiger partial charge in [-0.05, 0) is 50.4 Å². The van der Waals surface area contributed by atoms with E-state index >= 15 is 0 Å². The summed E-state index contributed by atoms with van der Waals surface area (Å²) in [5, 5.41) is 12.7. The third kappa shape index (κ3) is 4.43. The van der Waals surface area contributed by atoms with Crippen LogP contribution >= 0.6 is 11.6 Å². The van der Waals surface area contributed by atoms with Crippen molar-refractivity contribution in [2.45, 2.75) is 38.6 Å². The van der Waals surface area contributed by atoms with Crippen LogP contribution in [0.15, 0.2) is 18.2 Å². The molecule has 0 aliphatic carbocycles. The van der Waals surface area contributed by atoms with E-state index in [1.165, 1.54) is 6.42 Å². The van der Waals surface area contributed by atoms with E-state index in [0.717, 1.165) is 37.1 Å². The van der Waals surface area contributed by atoms with Crippen LogP contribution in [0.25, 0.3) is 0 Å². The molecule has 1 fully saturated rings. The van der Waals surface area contributed by atoms with Crippen molar-refractivity contribution in [2.75, 3.05) is 25.0 Å². The maximum absolute atomic E-state index is 12.2. The predicted molar refractivity (Wildman–Crippen MR) is 85.7 cm³/mol. The van der Waals surface area contributed by atoms with Crippen LogP contribution in [0.1, 0.15) is 31.2 Å². The number of rotatable bonds is 5. The standard InChI is InChI=1S/C16H23ClN2O2/c1-12-14(17)6-4-7-15(12)18-16(21)11-19-9-3-2-5-13(19)8-10-20/h4,6-7,13,20H,2-3,5,8-11H2,1H3,(H,18,21). The number of hydrogen-bond acceptors (Lipinski definition) is 3. The van der Waals surface area contributed by atoms with Crippen molar-refractivity contribution in [1.82, 2.24) is 4.90 Å². The summed E-state index contributed by atoms with van der Waals surface area (Å²) in [6, 6.07) is 5.82. The van der Waals surface area contributed by atoms with Crippen molar-refractivity contribution < 1.29 is 9.90 Å². The average Bonchev–Trinajstić information content (AvgIpc) is 2.46. The first-order valence-corrected chi connectivity index (χ1v) is 7.89. The molecule has 1 aliphatic heterocycles. The van der Waals surface area contributed by atoms with Gasteiger partial charge in [-0.1, -0.05) is 24.1 Å². The zero-order chi connectivity index (χ0) is 15.2. The van der Waals surface area contributed by atoms with Gasteiger partial charge in [0, 0.05) is 23.4 Å². The van der Waals surface area contributed by atoms with Crippen LogP contribution in [0.2, 0.25) is 5.02 Å². The molecule has 0 radical (unpaired) electrons. The van der Waals surface area contributed by atoms with Gasteiger partial charge in [0.05, 0.1) is 6.54 Å². The van der Waals surface area contributed by atoms with Crippen LogP contribution in [0.3, 0.4) is 0 Å². The summed E-state index contributed by atoms with van der Waals surface area (Å²) in [4.78, 5) is 14.4. The molecule has 1 atom stereocenters. The van der Waals surface area contributed by atoms with Gasteiger partial charge in [-0.15, -0.1) is 0 Å². The predicted octanol–water partition coefficient (Wildman–Crippen LogP) is 2.82. The second-order valence-corrected chi connectivity index (χ2v) is 6.00. The van der Waals surface area contributed by atoms with Gasteiger partial charge in [0.2, 0.25) is 5.91 Å². The van der Waals surface area contributed by atoms with Gasteiger partial charge in [0.1, 0.15) is 0 Å². The van der Waals surface area contributed by atoms with Gasteiger partial charge in [-0.3, -0.25) is 9.69 Å². The number of nitrogens with one attached hydrogen (secondary N) is 1. The number of piperidine rings is 1. The van der Waals surface area contributed by atoms with Crippen LogP contribution in [0.4, 0.5) is 5.69 Å². The van der Waals surface area contributed by atoms with Crippen molar-refractivity contribution in [3.63, 3.8) is 0 Å². The fourth-order valence-electron chi connectivity index (χ4n) is 2.86. The minimum Gasteiger partial charge on any atom is -0.396 e. The van der Waals surface area contributed by atoms with Gasteiger partial charge in [0.15, 0.2) is 0 Å². The minimum atomic E-state index is -0.0230. The molecule has 2 rings (SSSR count). The molecule has 5 heteroatoms. The highest BCUT2D eigenvalue weighted by Gasteiger charge is 2.23. The van der Waals surface area contributed by atoms with Crippen molar-refractivity contribution >= 4 is 23.2 Å². The largest absolute Gasteiger partial charge is 0.396 e. The molecule has 4 nitrogen and oxygen atoms in total. The molecule has 21 heavy (non-hydrogen) atoms. The van der Waals surface area contributed by atoms with E-state index in [2.05, 4.69) is 10.2 Å². The lowest BCUT2D eigenvalue weighted by molar-refractivity contribution is -0.118. The van der Waals surface area contributed by atoms with E-state index in [0.29, 0.717) is 17.6 Å². The van der Waals surface area contributed by atoms with Crippen LogP contribution in [-0.4, -0.2) is 41.7 Å². The number of likely N-dealkylation sites (tertiary alicyclic amines) is 1. The highest BCUT2D eigenvalue weighted by molar-refractivity contribution is 6.31. The molecule has 1 aromatic rings. The molecule has 2 N–H and O–H groups in total. The number of carbonyl (C=O) groups is 1. The number of nitrogens with zero attached hydrogens (tertiary/aromatic N) is 1. The van der Waals surface area contributed by atoms with Gasteiger partial charge in [-0.25, -0.2) is 0 Å². The SMILES string of the molecule is Cc1c(Cl)cccc1NC(=O)CN1CCCCC1CCO. The van der Waals surface area contributed by atoms with Crippen LogP contribution in [0.5, 0.6) is 0 Å². The zero-order valence-electron chi connectivity index (χ0n) is 12.4. The summed E-state index contributed by atoms with van der Waals surface area (Å²) >= 11 is 6.06. The van der Waals surface area contributed by atoms with E-state index in [-0.39, 0.29) is 12.5 Å². The lowest BCUT2D eigenvalue weighted by Crippen LogP contribution is -2.44. The summed E-state index contributed by atoms with van der Waals surface area (Å²) < 4.78 is 0. The third-order valence-electron chi connectivity index (χ3n) is 4.10. The monoisotopic (exact) mass is 310 g/mol. The van der Waals surface area contributed by atoms with E-state index in [1.807, 2.05) is 25.1 Å². The van der Waals surface area contributed by atoms with Gasteiger partial charge < -0.3 is 10.4 Å². The Balaban J connectivity index is 1.95. The molecule has 1 aliphatic rings. The number of aliphatic hydroxyl groups excluding tert-OH is 1. The number of carbonyl (C=O) groups excluding carboxylic acids is 1. The minimum absolute atomic E-state index is 0.0230. The van der Waals surface area contributed by atoms with Gasteiger partial charge in [0.25, 0.3) is 0 Å². The second-order valence-electron chi connectivity index (χ2n) is 5.59. The number of benzene rings is 1. The molecular weight excluding hydrogens is 288 g/mol. The Morgan fingerprint density at radius 2 is 2.29 bits per heavy atom. The number of aliphatic hydroxyl groups is 1. The number of hydrogen-bond donors (Lipinski definition) is 2. The highest BCUT2D eigenvalue weighted by atomic mass is 35.5. The normalized spacial score (nSPS) is 19.5. The van der Waals surface area contributed by atoms with E-state index in [9.17, 15) is 4.79 Å². The first kappa shape index (κ1) is 16.3. The van der Waals surface area contributed by atoms with Gasteiger partial charge >= 0.3 is 0 Å². The molecule has 116 valence electrons. The molecule has 0 aromatic heterocycles. The molecule has 0 bridgehead atoms. The third-order valence-corrected chi connectivity index (χ3v) is 4.51. The highest BCUT2D eigenvalue weighted by Crippen LogP contribution is 2.23. The Bertz CT molecular complexity index is 491. The molecular formula is C16H23ClN2O2. The van der Waals surface area contributed by atoms with Crippen molar-refractivity contribution in [1.29, 1.82) is 0 Å². The maximum Gasteiger partial charge on any atom is 0.238 e. The summed E-state index contributed by atoms with van der Waals surface area (Å²) in [5.74, 6) is -0.0230. The van der Waals surface area contributed by atoms with Crippen molar-refractivity contribution in [3.05, 3.63) is 28.8 Å². The lowest BCUT2D eigenvalue weighted by Gasteiger charge is -2.34. The van der Waals surface area contributed by atoms with Crippen LogP contribution in [-0.2, 0) is 4.79 Å². The molecule has 1 aromatic carbocycles. The Hall–Kier alpha value is -1.10. The second kappa shape index (κ2) is 7.78. The van der Waals surface area contributed by atoms with E-state index in [4.69, 9.17) is 16.7 Å². The quantitative estimate of drug-likeness (QED) is 0.879. The molecule has 1 unspecified atom stereocenters. The molecule has 1 heterocycles. The fraction of sp³-hybridized carbons (Fsp3) is 0.562. The topological polar surface area (TPSA) is 52.6 Å². The summed E-state index contributed by atoms with van der Waals surface area (Å²) in [5.41, 5.74) is 1.65. The maximum atomic E-state index is 12.2. The molecule has 1 saturated heterocycles. The smallest absolute Gasteiger partial charge is 0.238 e. The van der Waals surface area contributed by atoms with Crippen molar-refractivity contribution in [2.24, 2.45) is 0 Å². The number of amides is 1. The summed E-state index contributed by atoms with van der Waals surface area (Å²) in [7, 11) is 0. The Labute approximate surface area is 131 Å². The lowest BCUT2D eigenvalue weighted by atomic mass is 9.99. The molecule has 0 spiro atoms. The summed E-state index contributed by atoms with van der Waals surface area (Å²) in [6.07, 6.45) is 4.09. The Morgan fingerprint density at radius 3 is 3.05 bits per heavy atom. The van der Waals surface area contributed by atoms with Crippen LogP contribution < -0.4 is 5.32 Å². The van der Waals surface area contributed by atoms with Gasteiger partial charge in [-0.2, -0.15) is 0 Å². The number of halogens is 1.